The van der Waals surface area contributed by atoms with Crippen molar-refractivity contribution >= 4 is 17.5 Å². The van der Waals surface area contributed by atoms with Crippen molar-refractivity contribution in [2.45, 2.75) is 31.7 Å². The quantitative estimate of drug-likeness (QED) is 0.520. The van der Waals surface area contributed by atoms with Crippen LogP contribution in [0.25, 0.3) is 0 Å². The minimum atomic E-state index is -0.270. The number of hydrogen-bond acceptors (Lipinski definition) is 6. The van der Waals surface area contributed by atoms with E-state index < -0.39 is 0 Å². The van der Waals surface area contributed by atoms with E-state index in [4.69, 9.17) is 19.3 Å². The summed E-state index contributed by atoms with van der Waals surface area (Å²) in [7, 11) is 4.85. The van der Waals surface area contributed by atoms with Gasteiger partial charge in [-0.3, -0.25) is 9.59 Å². The summed E-state index contributed by atoms with van der Waals surface area (Å²) in [6.45, 7) is 0.742. The van der Waals surface area contributed by atoms with Crippen molar-refractivity contribution in [1.82, 2.24) is 9.91 Å². The Labute approximate surface area is 206 Å². The van der Waals surface area contributed by atoms with Gasteiger partial charge in [-0.05, 0) is 60.4 Å². The highest BCUT2D eigenvalue weighted by Gasteiger charge is 2.36. The number of hydrogen-bond donors (Lipinski definition) is 0. The molecule has 0 spiro atoms. The minimum Gasteiger partial charge on any atom is -0.497 e. The Morgan fingerprint density at radius 2 is 1.60 bits per heavy atom. The number of benzene rings is 2. The fourth-order valence-electron chi connectivity index (χ4n) is 4.40. The Kier molecular flexibility index (Phi) is 8.02. The number of amides is 2. The van der Waals surface area contributed by atoms with Crippen molar-refractivity contribution in [3.63, 3.8) is 0 Å². The van der Waals surface area contributed by atoms with Gasteiger partial charge in [-0.25, -0.2) is 5.01 Å². The van der Waals surface area contributed by atoms with Crippen LogP contribution in [0.15, 0.2) is 53.6 Å². The molecular formula is C27H33N3O5. The average Bonchev–Trinajstić information content (AvgIpc) is 3.31. The van der Waals surface area contributed by atoms with Crippen molar-refractivity contribution in [2.24, 2.45) is 11.0 Å². The first-order chi connectivity index (χ1) is 17.0. The third-order valence-electron chi connectivity index (χ3n) is 6.75. The van der Waals surface area contributed by atoms with Crippen LogP contribution < -0.4 is 9.47 Å². The molecular weight excluding hydrogens is 446 g/mol. The second kappa shape index (κ2) is 11.4. The van der Waals surface area contributed by atoms with Crippen molar-refractivity contribution in [3.05, 3.63) is 59.7 Å². The van der Waals surface area contributed by atoms with Gasteiger partial charge in [0.25, 0.3) is 5.91 Å². The van der Waals surface area contributed by atoms with Crippen molar-refractivity contribution < 1.29 is 23.8 Å². The maximum atomic E-state index is 13.6. The first kappa shape index (κ1) is 24.7. The third-order valence-corrected chi connectivity index (χ3v) is 6.75. The van der Waals surface area contributed by atoms with E-state index in [0.29, 0.717) is 19.6 Å². The molecule has 2 amide bonds. The van der Waals surface area contributed by atoms with Crippen molar-refractivity contribution in [1.29, 1.82) is 0 Å². The molecule has 1 unspecified atom stereocenters. The van der Waals surface area contributed by atoms with Crippen molar-refractivity contribution in [2.75, 3.05) is 41.0 Å². The molecule has 0 N–H and O–H groups in total. The molecule has 1 aliphatic carbocycles. The number of carbonyl (C=O) groups excluding carboxylic acids is 2. The number of ether oxygens (including phenoxy) is 3. The summed E-state index contributed by atoms with van der Waals surface area (Å²) in [5.41, 5.74) is 2.71. The Morgan fingerprint density at radius 1 is 0.971 bits per heavy atom. The zero-order valence-electron chi connectivity index (χ0n) is 20.6. The van der Waals surface area contributed by atoms with Crippen LogP contribution in [0.5, 0.6) is 11.5 Å². The van der Waals surface area contributed by atoms with Crippen LogP contribution in [0.1, 0.15) is 42.9 Å². The molecule has 1 atom stereocenters. The fourth-order valence-corrected chi connectivity index (χ4v) is 4.40. The molecule has 0 radical (unpaired) electrons. The zero-order chi connectivity index (χ0) is 24.8. The molecule has 0 aromatic heterocycles. The van der Waals surface area contributed by atoms with Gasteiger partial charge in [-0.15, -0.1) is 0 Å². The summed E-state index contributed by atoms with van der Waals surface area (Å²) in [5, 5.41) is 6.28. The second-order valence-corrected chi connectivity index (χ2v) is 8.89. The van der Waals surface area contributed by atoms with E-state index >= 15 is 0 Å². The molecule has 1 heterocycles. The first-order valence-electron chi connectivity index (χ1n) is 12.0. The fraction of sp³-hybridized carbons (Fsp3) is 0.444. The van der Waals surface area contributed by atoms with Crippen LogP contribution in [0.3, 0.4) is 0 Å². The summed E-state index contributed by atoms with van der Waals surface area (Å²) in [5.74, 6) is 1.33. The van der Waals surface area contributed by atoms with Gasteiger partial charge >= 0.3 is 0 Å². The molecule has 2 aromatic carbocycles. The highest BCUT2D eigenvalue weighted by molar-refractivity contribution is 6.03. The minimum absolute atomic E-state index is 0.00832. The Bertz CT molecular complexity index is 1050. The van der Waals surface area contributed by atoms with Crippen molar-refractivity contribution in [3.8, 4) is 11.5 Å². The average molecular weight is 480 g/mol. The van der Waals surface area contributed by atoms with Crippen LogP contribution in [-0.4, -0.2) is 68.5 Å². The van der Waals surface area contributed by atoms with Gasteiger partial charge < -0.3 is 19.1 Å². The number of carbonyl (C=O) groups is 2. The third kappa shape index (κ3) is 5.65. The highest BCUT2D eigenvalue weighted by atomic mass is 16.5. The van der Waals surface area contributed by atoms with Crippen LogP contribution in [0.2, 0.25) is 0 Å². The number of rotatable bonds is 10. The van der Waals surface area contributed by atoms with E-state index in [2.05, 4.69) is 0 Å². The lowest BCUT2D eigenvalue weighted by Gasteiger charge is -2.32. The molecule has 4 rings (SSSR count). The molecule has 186 valence electrons. The summed E-state index contributed by atoms with van der Waals surface area (Å²) in [6.07, 6.45) is 3.39. The maximum absolute atomic E-state index is 13.6. The molecule has 1 aliphatic heterocycles. The van der Waals surface area contributed by atoms with E-state index in [0.717, 1.165) is 47.6 Å². The van der Waals surface area contributed by atoms with Gasteiger partial charge in [0, 0.05) is 26.0 Å². The van der Waals surface area contributed by atoms with Gasteiger partial charge in [0.1, 0.15) is 18.0 Å². The van der Waals surface area contributed by atoms with E-state index in [1.54, 1.807) is 26.2 Å². The molecule has 35 heavy (non-hydrogen) atoms. The zero-order valence-corrected chi connectivity index (χ0v) is 20.6. The Morgan fingerprint density at radius 3 is 2.14 bits per heavy atom. The standard InChI is InChI=1S/C27H33N3O5/c1-33-16-15-29(27(32)21-5-4-6-21)18-26(31)30-25(20-9-13-23(35-3)14-10-20)17-24(28-30)19-7-11-22(34-2)12-8-19/h7-14,21,25H,4-6,15-18H2,1-3H3. The van der Waals surface area contributed by atoms with E-state index in [1.165, 1.54) is 5.01 Å². The maximum Gasteiger partial charge on any atom is 0.262 e. The lowest BCUT2D eigenvalue weighted by Crippen LogP contribution is -2.46. The monoisotopic (exact) mass is 479 g/mol. The SMILES string of the molecule is COCCN(CC(=O)N1N=C(c2ccc(OC)cc2)CC1c1ccc(OC)cc1)C(=O)C1CCC1. The van der Waals surface area contributed by atoms with Crippen LogP contribution in [-0.2, 0) is 14.3 Å². The van der Waals surface area contributed by atoms with Gasteiger partial charge in [0.2, 0.25) is 5.91 Å². The molecule has 8 heteroatoms. The van der Waals surface area contributed by atoms with Gasteiger partial charge in [0.15, 0.2) is 0 Å². The largest absolute Gasteiger partial charge is 0.497 e. The van der Waals surface area contributed by atoms with E-state index in [9.17, 15) is 9.59 Å². The molecule has 1 saturated carbocycles. The topological polar surface area (TPSA) is 80.7 Å². The summed E-state index contributed by atoms with van der Waals surface area (Å²) < 4.78 is 15.8. The predicted octanol–water partition coefficient (Wildman–Crippen LogP) is 3.66. The summed E-state index contributed by atoms with van der Waals surface area (Å²) in [6, 6.07) is 15.1. The van der Waals surface area contributed by atoms with Crippen LogP contribution in [0, 0.1) is 5.92 Å². The number of hydrazone groups is 1. The normalized spacial score (nSPS) is 17.5. The number of methoxy groups -OCH3 is 3. The molecule has 0 bridgehead atoms. The lowest BCUT2D eigenvalue weighted by molar-refractivity contribution is -0.146. The summed E-state index contributed by atoms with van der Waals surface area (Å²) in [4.78, 5) is 28.2. The van der Waals surface area contributed by atoms with Gasteiger partial charge in [-0.2, -0.15) is 5.10 Å². The molecule has 8 nitrogen and oxygen atoms in total. The van der Waals surface area contributed by atoms with Gasteiger partial charge in [-0.1, -0.05) is 18.6 Å². The van der Waals surface area contributed by atoms with Crippen LogP contribution in [0.4, 0.5) is 0 Å². The van der Waals surface area contributed by atoms with Crippen LogP contribution >= 0.6 is 0 Å². The van der Waals surface area contributed by atoms with E-state index in [1.807, 2.05) is 48.5 Å². The second-order valence-electron chi connectivity index (χ2n) is 8.89. The predicted molar refractivity (Wildman–Crippen MR) is 133 cm³/mol. The Balaban J connectivity index is 1.59. The molecule has 1 fully saturated rings. The first-order valence-corrected chi connectivity index (χ1v) is 12.0. The smallest absolute Gasteiger partial charge is 0.262 e. The molecule has 0 saturated heterocycles. The lowest BCUT2D eigenvalue weighted by atomic mass is 9.84. The number of nitrogens with zero attached hydrogens (tertiary/aromatic N) is 3. The van der Waals surface area contributed by atoms with E-state index in [-0.39, 0.29) is 30.3 Å². The van der Waals surface area contributed by atoms with Gasteiger partial charge in [0.05, 0.1) is 32.6 Å². The molecule has 2 aliphatic rings. The summed E-state index contributed by atoms with van der Waals surface area (Å²) >= 11 is 0. The highest BCUT2D eigenvalue weighted by Crippen LogP contribution is 2.34. The Hall–Kier alpha value is -3.39. The molecule has 2 aromatic rings.